The van der Waals surface area contributed by atoms with Crippen LogP contribution < -0.4 is 5.32 Å². The molecule has 0 saturated heterocycles. The predicted octanol–water partition coefficient (Wildman–Crippen LogP) is 6.76. The van der Waals surface area contributed by atoms with Crippen molar-refractivity contribution < 1.29 is 14.3 Å². The summed E-state index contributed by atoms with van der Waals surface area (Å²) in [7, 11) is 3.87. The van der Waals surface area contributed by atoms with E-state index in [4.69, 9.17) is 4.74 Å². The number of unbranched alkanes of at least 4 members (excludes halogenated alkanes) is 5. The van der Waals surface area contributed by atoms with E-state index in [1.165, 1.54) is 16.3 Å². The van der Waals surface area contributed by atoms with E-state index in [2.05, 4.69) is 59.9 Å². The van der Waals surface area contributed by atoms with Gasteiger partial charge >= 0.3 is 5.97 Å². The molecule has 38 heavy (non-hydrogen) atoms. The van der Waals surface area contributed by atoms with E-state index < -0.39 is 0 Å². The minimum atomic E-state index is -0.296. The van der Waals surface area contributed by atoms with Gasteiger partial charge in [-0.25, -0.2) is 0 Å². The van der Waals surface area contributed by atoms with Crippen LogP contribution in [0.4, 0.5) is 0 Å². The standard InChI is InChI=1S/C33H42N2O3/c1-35(2)25-30(24-33(37)38-26-27-16-9-8-10-17-27)34-32(36)23-12-7-5-3-4-6-11-18-28-20-15-21-29-19-13-14-22-31(28)29/h8-11,13-22,30H,3-7,12,23-26H2,1-2H3,(H,34,36). The predicted molar refractivity (Wildman–Crippen MR) is 157 cm³/mol. The average Bonchev–Trinajstić information content (AvgIpc) is 2.91. The van der Waals surface area contributed by atoms with Crippen LogP contribution in [-0.2, 0) is 20.9 Å². The van der Waals surface area contributed by atoms with Crippen molar-refractivity contribution in [2.45, 2.75) is 64.0 Å². The number of carbonyl (C=O) groups is 2. The summed E-state index contributed by atoms with van der Waals surface area (Å²) in [6.07, 6.45) is 11.6. The molecule has 1 unspecified atom stereocenters. The molecule has 1 N–H and O–H groups in total. The molecule has 1 amide bonds. The maximum Gasteiger partial charge on any atom is 0.308 e. The van der Waals surface area contributed by atoms with Gasteiger partial charge in [0.2, 0.25) is 5.91 Å². The van der Waals surface area contributed by atoms with Gasteiger partial charge in [-0.15, -0.1) is 0 Å². The molecule has 0 bridgehead atoms. The van der Waals surface area contributed by atoms with Crippen LogP contribution in [0.5, 0.6) is 0 Å². The SMILES string of the molecule is CN(C)CC(CC(=O)OCc1ccccc1)NC(=O)CCCCCCCC=Cc1cccc2ccccc12. The van der Waals surface area contributed by atoms with Gasteiger partial charge in [0.25, 0.3) is 0 Å². The van der Waals surface area contributed by atoms with Crippen molar-refractivity contribution in [3.05, 3.63) is 90.0 Å². The van der Waals surface area contributed by atoms with Crippen LogP contribution >= 0.6 is 0 Å². The second-order valence-corrected chi connectivity index (χ2v) is 10.2. The van der Waals surface area contributed by atoms with Gasteiger partial charge in [0.05, 0.1) is 12.5 Å². The van der Waals surface area contributed by atoms with E-state index >= 15 is 0 Å². The van der Waals surface area contributed by atoms with Crippen molar-refractivity contribution >= 4 is 28.7 Å². The molecule has 3 aromatic carbocycles. The number of likely N-dealkylation sites (N-methyl/N-ethyl adjacent to an activating group) is 1. The first-order valence-electron chi connectivity index (χ1n) is 13.8. The third-order valence-electron chi connectivity index (χ3n) is 6.50. The Hall–Kier alpha value is -3.44. The number of ether oxygens (including phenoxy) is 1. The molecule has 0 heterocycles. The number of rotatable bonds is 16. The van der Waals surface area contributed by atoms with Crippen LogP contribution in [0.15, 0.2) is 78.9 Å². The van der Waals surface area contributed by atoms with Crippen LogP contribution in [0.2, 0.25) is 0 Å². The lowest BCUT2D eigenvalue weighted by Gasteiger charge is -2.22. The Bertz CT molecular complexity index is 1150. The van der Waals surface area contributed by atoms with Crippen molar-refractivity contribution in [1.82, 2.24) is 10.2 Å². The highest BCUT2D eigenvalue weighted by molar-refractivity contribution is 5.90. The van der Waals surface area contributed by atoms with Gasteiger partial charge in [0, 0.05) is 13.0 Å². The first-order chi connectivity index (χ1) is 18.5. The molecular weight excluding hydrogens is 472 g/mol. The highest BCUT2D eigenvalue weighted by Crippen LogP contribution is 2.20. The summed E-state index contributed by atoms with van der Waals surface area (Å²) < 4.78 is 5.41. The van der Waals surface area contributed by atoms with E-state index in [0.717, 1.165) is 44.1 Å². The Morgan fingerprint density at radius 1 is 0.868 bits per heavy atom. The zero-order chi connectivity index (χ0) is 27.0. The molecule has 5 nitrogen and oxygen atoms in total. The number of benzene rings is 3. The summed E-state index contributed by atoms with van der Waals surface area (Å²) in [5.74, 6) is -0.291. The smallest absolute Gasteiger partial charge is 0.308 e. The number of fused-ring (bicyclic) bond motifs is 1. The van der Waals surface area contributed by atoms with Crippen LogP contribution in [0.1, 0.15) is 62.5 Å². The van der Waals surface area contributed by atoms with Gasteiger partial charge < -0.3 is 15.0 Å². The average molecular weight is 515 g/mol. The fraction of sp³-hybridized carbons (Fsp3) is 0.394. The maximum atomic E-state index is 12.5. The molecule has 0 fully saturated rings. The number of carbonyl (C=O) groups excluding carboxylic acids is 2. The molecule has 0 radical (unpaired) electrons. The molecule has 0 aliphatic rings. The van der Waals surface area contributed by atoms with Crippen LogP contribution in [-0.4, -0.2) is 43.5 Å². The summed E-state index contributed by atoms with van der Waals surface area (Å²) in [5.41, 5.74) is 2.22. The summed E-state index contributed by atoms with van der Waals surface area (Å²) in [6, 6.07) is 24.3. The Balaban J connectivity index is 1.28. The van der Waals surface area contributed by atoms with Crippen molar-refractivity contribution in [1.29, 1.82) is 0 Å². The van der Waals surface area contributed by atoms with E-state index in [9.17, 15) is 9.59 Å². The first-order valence-corrected chi connectivity index (χ1v) is 13.8. The first kappa shape index (κ1) is 29.1. The molecule has 0 aliphatic carbocycles. The number of hydrogen-bond acceptors (Lipinski definition) is 4. The van der Waals surface area contributed by atoms with E-state index in [1.54, 1.807) is 0 Å². The molecule has 0 aromatic heterocycles. The Morgan fingerprint density at radius 2 is 1.58 bits per heavy atom. The summed E-state index contributed by atoms with van der Waals surface area (Å²) >= 11 is 0. The highest BCUT2D eigenvalue weighted by atomic mass is 16.5. The Labute approximate surface area is 227 Å². The molecule has 0 saturated carbocycles. The van der Waals surface area contributed by atoms with Gasteiger partial charge in [-0.2, -0.15) is 0 Å². The topological polar surface area (TPSA) is 58.6 Å². The lowest BCUT2D eigenvalue weighted by Crippen LogP contribution is -2.43. The Kier molecular flexibility index (Phi) is 12.6. The summed E-state index contributed by atoms with van der Waals surface area (Å²) in [5, 5.41) is 5.60. The molecule has 3 aromatic rings. The van der Waals surface area contributed by atoms with Gasteiger partial charge in [0.1, 0.15) is 6.61 Å². The minimum absolute atomic E-state index is 0.00531. The molecule has 3 rings (SSSR count). The third kappa shape index (κ3) is 10.9. The maximum absolute atomic E-state index is 12.5. The number of hydrogen-bond donors (Lipinski definition) is 1. The molecule has 1 atom stereocenters. The summed E-state index contributed by atoms with van der Waals surface area (Å²) in [6.45, 7) is 0.847. The number of allylic oxidation sites excluding steroid dienone is 1. The van der Waals surface area contributed by atoms with Gasteiger partial charge in [0.15, 0.2) is 0 Å². The van der Waals surface area contributed by atoms with E-state index in [1.807, 2.05) is 49.3 Å². The second-order valence-electron chi connectivity index (χ2n) is 10.2. The molecule has 0 spiro atoms. The van der Waals surface area contributed by atoms with E-state index in [0.29, 0.717) is 13.0 Å². The fourth-order valence-corrected chi connectivity index (χ4v) is 4.58. The van der Waals surface area contributed by atoms with Gasteiger partial charge in [-0.05, 0) is 55.3 Å². The van der Waals surface area contributed by atoms with Crippen molar-refractivity contribution in [3.8, 4) is 0 Å². The number of amides is 1. The molecule has 5 heteroatoms. The minimum Gasteiger partial charge on any atom is -0.461 e. The quantitative estimate of drug-likeness (QED) is 0.169. The highest BCUT2D eigenvalue weighted by Gasteiger charge is 2.18. The largest absolute Gasteiger partial charge is 0.461 e. The number of nitrogens with zero attached hydrogens (tertiary/aromatic N) is 1. The third-order valence-corrected chi connectivity index (χ3v) is 6.50. The van der Waals surface area contributed by atoms with Crippen LogP contribution in [0.25, 0.3) is 16.8 Å². The van der Waals surface area contributed by atoms with Crippen LogP contribution in [0, 0.1) is 0 Å². The fourth-order valence-electron chi connectivity index (χ4n) is 4.58. The molecule has 202 valence electrons. The summed E-state index contributed by atoms with van der Waals surface area (Å²) in [4.78, 5) is 26.8. The monoisotopic (exact) mass is 514 g/mol. The van der Waals surface area contributed by atoms with Crippen molar-refractivity contribution in [2.75, 3.05) is 20.6 Å². The molecular formula is C33H42N2O3. The van der Waals surface area contributed by atoms with Crippen molar-refractivity contribution in [2.24, 2.45) is 0 Å². The van der Waals surface area contributed by atoms with Crippen molar-refractivity contribution in [3.63, 3.8) is 0 Å². The zero-order valence-corrected chi connectivity index (χ0v) is 22.9. The van der Waals surface area contributed by atoms with Gasteiger partial charge in [-0.1, -0.05) is 104 Å². The number of esters is 1. The van der Waals surface area contributed by atoms with Crippen LogP contribution in [0.3, 0.4) is 0 Å². The lowest BCUT2D eigenvalue weighted by molar-refractivity contribution is -0.145. The zero-order valence-electron chi connectivity index (χ0n) is 22.9. The Morgan fingerprint density at radius 3 is 2.39 bits per heavy atom. The molecule has 0 aliphatic heterocycles. The van der Waals surface area contributed by atoms with Gasteiger partial charge in [-0.3, -0.25) is 9.59 Å². The number of nitrogens with one attached hydrogen (secondary N) is 1. The van der Waals surface area contributed by atoms with E-state index in [-0.39, 0.29) is 30.9 Å². The second kappa shape index (κ2) is 16.4. The normalized spacial score (nSPS) is 12.2. The lowest BCUT2D eigenvalue weighted by atomic mass is 10.0.